The Balaban J connectivity index is 2.52. The Hall–Kier alpha value is -0.160. The van der Waals surface area contributed by atoms with E-state index < -0.39 is 18.3 Å². The highest BCUT2D eigenvalue weighted by atomic mass is 16.4. The van der Waals surface area contributed by atoms with Crippen LogP contribution in [0.3, 0.4) is 0 Å². The molecular formula is C6H13NO3. The fourth-order valence-electron chi connectivity index (χ4n) is 1.07. The molecule has 0 aromatic carbocycles. The number of rotatable bonds is 0. The van der Waals surface area contributed by atoms with Crippen molar-refractivity contribution < 1.29 is 15.3 Å². The Labute approximate surface area is 59.5 Å². The molecule has 1 aliphatic rings. The summed E-state index contributed by atoms with van der Waals surface area (Å²) in [6.07, 6.45) is -2.70. The lowest BCUT2D eigenvalue weighted by Crippen LogP contribution is -2.58. The molecule has 1 aliphatic heterocycles. The Kier molecular flexibility index (Phi) is 2.25. The number of aliphatic hydroxyl groups excluding tert-OH is 3. The third-order valence-corrected chi connectivity index (χ3v) is 1.91. The molecule has 4 atom stereocenters. The monoisotopic (exact) mass is 147 g/mol. The molecule has 4 heteroatoms. The van der Waals surface area contributed by atoms with Gasteiger partial charge in [-0.25, -0.2) is 0 Å². The van der Waals surface area contributed by atoms with Gasteiger partial charge in [-0.15, -0.1) is 0 Å². The molecule has 1 rings (SSSR count). The smallest absolute Gasteiger partial charge is 0.108 e. The van der Waals surface area contributed by atoms with Crippen molar-refractivity contribution in [1.29, 1.82) is 0 Å². The minimum absolute atomic E-state index is 0.140. The van der Waals surface area contributed by atoms with E-state index in [1.807, 2.05) is 0 Å². The maximum atomic E-state index is 9.14. The lowest BCUT2D eigenvalue weighted by atomic mass is 9.98. The molecule has 4 nitrogen and oxygen atoms in total. The summed E-state index contributed by atoms with van der Waals surface area (Å²) in [5, 5.41) is 30.1. The minimum atomic E-state index is -1.00. The zero-order valence-corrected chi connectivity index (χ0v) is 5.86. The van der Waals surface area contributed by atoms with Gasteiger partial charge in [-0.2, -0.15) is 0 Å². The lowest BCUT2D eigenvalue weighted by molar-refractivity contribution is -0.0910. The predicted molar refractivity (Wildman–Crippen MR) is 35.5 cm³/mol. The van der Waals surface area contributed by atoms with Gasteiger partial charge in [0.05, 0.1) is 12.2 Å². The van der Waals surface area contributed by atoms with E-state index in [-0.39, 0.29) is 6.04 Å². The number of hydrogen-bond acceptors (Lipinski definition) is 4. The molecule has 0 bridgehead atoms. The van der Waals surface area contributed by atoms with Crippen molar-refractivity contribution >= 4 is 0 Å². The summed E-state index contributed by atoms with van der Waals surface area (Å²) in [6.45, 7) is 2.11. The van der Waals surface area contributed by atoms with E-state index in [0.29, 0.717) is 6.54 Å². The quantitative estimate of drug-likeness (QED) is 0.322. The summed E-state index contributed by atoms with van der Waals surface area (Å²) in [6, 6.07) is -0.140. The number of piperidine rings is 1. The highest BCUT2D eigenvalue weighted by Gasteiger charge is 2.33. The van der Waals surface area contributed by atoms with Crippen LogP contribution in [0, 0.1) is 0 Å². The maximum absolute atomic E-state index is 9.14. The number of hydrogen-bond donors (Lipinski definition) is 4. The summed E-state index contributed by atoms with van der Waals surface area (Å²) in [5.74, 6) is 0. The minimum Gasteiger partial charge on any atom is -0.389 e. The Morgan fingerprint density at radius 3 is 2.30 bits per heavy atom. The Morgan fingerprint density at radius 2 is 1.80 bits per heavy atom. The van der Waals surface area contributed by atoms with Crippen LogP contribution < -0.4 is 5.32 Å². The molecule has 0 spiro atoms. The second kappa shape index (κ2) is 2.84. The van der Waals surface area contributed by atoms with Gasteiger partial charge in [0.25, 0.3) is 0 Å². The highest BCUT2D eigenvalue weighted by Crippen LogP contribution is 2.09. The standard InChI is InChI=1S/C6H13NO3/c1-3-5(9)6(10)4(8)2-7-3/h3-10H,2H2,1H3/t3-,4+,5-,6+/m1/s1. The average molecular weight is 147 g/mol. The molecule has 0 saturated carbocycles. The molecule has 0 aromatic heterocycles. The van der Waals surface area contributed by atoms with Crippen LogP contribution in [-0.2, 0) is 0 Å². The first kappa shape index (κ1) is 7.94. The third-order valence-electron chi connectivity index (χ3n) is 1.91. The van der Waals surface area contributed by atoms with E-state index in [1.165, 1.54) is 0 Å². The van der Waals surface area contributed by atoms with Gasteiger partial charge in [-0.1, -0.05) is 0 Å². The first-order valence-electron chi connectivity index (χ1n) is 3.40. The van der Waals surface area contributed by atoms with Crippen molar-refractivity contribution in [2.75, 3.05) is 6.54 Å². The van der Waals surface area contributed by atoms with Crippen molar-refractivity contribution in [3.05, 3.63) is 0 Å². The summed E-state index contributed by atoms with van der Waals surface area (Å²) in [5.41, 5.74) is 0. The Morgan fingerprint density at radius 1 is 1.20 bits per heavy atom. The van der Waals surface area contributed by atoms with Gasteiger partial charge in [0, 0.05) is 12.6 Å². The van der Waals surface area contributed by atoms with Crippen molar-refractivity contribution in [2.45, 2.75) is 31.3 Å². The Bertz CT molecular complexity index is 106. The van der Waals surface area contributed by atoms with Gasteiger partial charge in [0.2, 0.25) is 0 Å². The van der Waals surface area contributed by atoms with Crippen LogP contribution in [0.15, 0.2) is 0 Å². The van der Waals surface area contributed by atoms with E-state index in [2.05, 4.69) is 5.32 Å². The van der Waals surface area contributed by atoms with Crippen molar-refractivity contribution in [3.8, 4) is 0 Å². The molecule has 1 heterocycles. The van der Waals surface area contributed by atoms with Crippen molar-refractivity contribution in [1.82, 2.24) is 5.32 Å². The second-order valence-corrected chi connectivity index (χ2v) is 2.75. The van der Waals surface area contributed by atoms with Gasteiger partial charge in [-0.3, -0.25) is 0 Å². The zero-order valence-electron chi connectivity index (χ0n) is 5.86. The van der Waals surface area contributed by atoms with Crippen LogP contribution in [0.4, 0.5) is 0 Å². The second-order valence-electron chi connectivity index (χ2n) is 2.75. The predicted octanol–water partition coefficient (Wildman–Crippen LogP) is -1.94. The summed E-state index contributed by atoms with van der Waals surface area (Å²) in [7, 11) is 0. The van der Waals surface area contributed by atoms with Gasteiger partial charge in [-0.05, 0) is 6.92 Å². The van der Waals surface area contributed by atoms with Gasteiger partial charge < -0.3 is 20.6 Å². The van der Waals surface area contributed by atoms with Gasteiger partial charge in [0.15, 0.2) is 0 Å². The summed E-state index contributed by atoms with van der Waals surface area (Å²) < 4.78 is 0. The highest BCUT2D eigenvalue weighted by molar-refractivity contribution is 4.89. The van der Waals surface area contributed by atoms with E-state index in [4.69, 9.17) is 15.3 Å². The molecule has 0 amide bonds. The largest absolute Gasteiger partial charge is 0.389 e. The van der Waals surface area contributed by atoms with E-state index in [9.17, 15) is 0 Å². The first-order chi connectivity index (χ1) is 4.63. The van der Waals surface area contributed by atoms with Gasteiger partial charge in [0.1, 0.15) is 6.10 Å². The van der Waals surface area contributed by atoms with Crippen LogP contribution in [-0.4, -0.2) is 46.2 Å². The lowest BCUT2D eigenvalue weighted by Gasteiger charge is -2.33. The van der Waals surface area contributed by atoms with Crippen LogP contribution in [0.1, 0.15) is 6.92 Å². The molecule has 0 aliphatic carbocycles. The first-order valence-corrected chi connectivity index (χ1v) is 3.40. The zero-order chi connectivity index (χ0) is 7.72. The molecule has 10 heavy (non-hydrogen) atoms. The molecule has 60 valence electrons. The normalized spacial score (nSPS) is 49.2. The molecule has 1 saturated heterocycles. The molecule has 4 N–H and O–H groups in total. The van der Waals surface area contributed by atoms with E-state index in [1.54, 1.807) is 6.92 Å². The van der Waals surface area contributed by atoms with Crippen LogP contribution >= 0.6 is 0 Å². The number of nitrogens with one attached hydrogen (secondary N) is 1. The van der Waals surface area contributed by atoms with Gasteiger partial charge >= 0.3 is 0 Å². The fourth-order valence-corrected chi connectivity index (χ4v) is 1.07. The summed E-state index contributed by atoms with van der Waals surface area (Å²) >= 11 is 0. The SMILES string of the molecule is C[C@H]1NC[C@H](O)[C@H](O)[C@@H]1O. The number of β-amino-alcohol motifs (C(OH)–C–C–N with tert-alkyl or cyclic N) is 1. The van der Waals surface area contributed by atoms with Crippen LogP contribution in [0.25, 0.3) is 0 Å². The molecule has 0 aromatic rings. The fraction of sp³-hybridized carbons (Fsp3) is 1.00. The van der Waals surface area contributed by atoms with Crippen molar-refractivity contribution in [2.24, 2.45) is 0 Å². The molecular weight excluding hydrogens is 134 g/mol. The summed E-state index contributed by atoms with van der Waals surface area (Å²) in [4.78, 5) is 0. The van der Waals surface area contributed by atoms with E-state index in [0.717, 1.165) is 0 Å². The third kappa shape index (κ3) is 1.29. The van der Waals surface area contributed by atoms with Crippen molar-refractivity contribution in [3.63, 3.8) is 0 Å². The molecule has 0 radical (unpaired) electrons. The maximum Gasteiger partial charge on any atom is 0.108 e. The number of aliphatic hydroxyl groups is 3. The van der Waals surface area contributed by atoms with Crippen LogP contribution in [0.2, 0.25) is 0 Å². The molecule has 1 fully saturated rings. The average Bonchev–Trinajstić information content (AvgIpc) is 1.93. The van der Waals surface area contributed by atoms with Crippen LogP contribution in [0.5, 0.6) is 0 Å². The molecule has 0 unspecified atom stereocenters. The van der Waals surface area contributed by atoms with E-state index >= 15 is 0 Å². The topological polar surface area (TPSA) is 72.7 Å².